The van der Waals surface area contributed by atoms with Gasteiger partial charge < -0.3 is 0 Å². The Balaban J connectivity index is 3.45. The molecule has 3 heteroatoms. The Hall–Kier alpha value is 0.350. The molecule has 0 aliphatic carbocycles. The van der Waals surface area contributed by atoms with Crippen molar-refractivity contribution < 1.29 is 0 Å². The second kappa shape index (κ2) is 4.25. The van der Waals surface area contributed by atoms with Crippen LogP contribution in [0.2, 0.25) is 0 Å². The SMILES string of the molecule is C=C(Cl)CC=C(Cl)Cl. The van der Waals surface area contributed by atoms with E-state index in [1.807, 2.05) is 0 Å². The lowest BCUT2D eigenvalue weighted by Gasteiger charge is -1.84. The predicted molar refractivity (Wildman–Crippen MR) is 39.4 cm³/mol. The Morgan fingerprint density at radius 2 is 1.88 bits per heavy atom. The van der Waals surface area contributed by atoms with E-state index in [1.165, 1.54) is 0 Å². The van der Waals surface area contributed by atoms with Crippen LogP contribution in [0.1, 0.15) is 6.42 Å². The molecule has 0 aliphatic rings. The third-order valence-corrected chi connectivity index (χ3v) is 0.941. The van der Waals surface area contributed by atoms with E-state index < -0.39 is 0 Å². The van der Waals surface area contributed by atoms with Gasteiger partial charge in [-0.3, -0.25) is 0 Å². The van der Waals surface area contributed by atoms with Crippen molar-refractivity contribution in [1.29, 1.82) is 0 Å². The summed E-state index contributed by atoms with van der Waals surface area (Å²) in [4.78, 5) is 0. The highest BCUT2D eigenvalue weighted by Gasteiger charge is 1.84. The van der Waals surface area contributed by atoms with Crippen molar-refractivity contribution in [3.8, 4) is 0 Å². The second-order valence-electron chi connectivity index (χ2n) is 1.22. The fourth-order valence-corrected chi connectivity index (χ4v) is 0.419. The predicted octanol–water partition coefficient (Wildman–Crippen LogP) is 3.45. The van der Waals surface area contributed by atoms with Gasteiger partial charge in [-0.25, -0.2) is 0 Å². The van der Waals surface area contributed by atoms with Crippen molar-refractivity contribution in [3.05, 3.63) is 22.2 Å². The Morgan fingerprint density at radius 3 is 2.00 bits per heavy atom. The molecule has 0 atom stereocenters. The molecule has 0 saturated heterocycles. The number of rotatable bonds is 2. The monoisotopic (exact) mass is 170 g/mol. The topological polar surface area (TPSA) is 0 Å². The first-order valence-corrected chi connectivity index (χ1v) is 3.10. The average molecular weight is 171 g/mol. The maximum Gasteiger partial charge on any atom is 0.103 e. The minimum Gasteiger partial charge on any atom is -0.0895 e. The van der Waals surface area contributed by atoms with E-state index in [1.54, 1.807) is 6.08 Å². The summed E-state index contributed by atoms with van der Waals surface area (Å²) in [6.07, 6.45) is 2.11. The summed E-state index contributed by atoms with van der Waals surface area (Å²) in [7, 11) is 0. The van der Waals surface area contributed by atoms with Crippen LogP contribution in [0.25, 0.3) is 0 Å². The third-order valence-electron chi connectivity index (χ3n) is 0.478. The largest absolute Gasteiger partial charge is 0.103 e. The molecule has 46 valence electrons. The van der Waals surface area contributed by atoms with E-state index in [9.17, 15) is 0 Å². The van der Waals surface area contributed by atoms with Crippen LogP contribution in [0.4, 0.5) is 0 Å². The van der Waals surface area contributed by atoms with Crippen molar-refractivity contribution in [2.75, 3.05) is 0 Å². The Morgan fingerprint density at radius 1 is 1.38 bits per heavy atom. The quantitative estimate of drug-likeness (QED) is 0.597. The van der Waals surface area contributed by atoms with Crippen LogP contribution in [-0.4, -0.2) is 0 Å². The van der Waals surface area contributed by atoms with Gasteiger partial charge in [-0.2, -0.15) is 0 Å². The first kappa shape index (κ1) is 8.35. The summed E-state index contributed by atoms with van der Waals surface area (Å²) in [5.41, 5.74) is 0. The molecule has 0 amide bonds. The second-order valence-corrected chi connectivity index (χ2v) is 2.76. The van der Waals surface area contributed by atoms with Gasteiger partial charge in [0, 0.05) is 11.5 Å². The first-order valence-electron chi connectivity index (χ1n) is 1.97. The zero-order chi connectivity index (χ0) is 6.57. The Kier molecular flexibility index (Phi) is 4.44. The Labute approximate surface area is 63.7 Å². The first-order chi connectivity index (χ1) is 3.63. The van der Waals surface area contributed by atoms with E-state index >= 15 is 0 Å². The lowest BCUT2D eigenvalue weighted by molar-refractivity contribution is 1.37. The zero-order valence-electron chi connectivity index (χ0n) is 4.13. The van der Waals surface area contributed by atoms with E-state index in [4.69, 9.17) is 34.8 Å². The van der Waals surface area contributed by atoms with Gasteiger partial charge in [0.25, 0.3) is 0 Å². The normalized spacial score (nSPS) is 8.38. The van der Waals surface area contributed by atoms with Crippen LogP contribution < -0.4 is 0 Å². The molecule has 0 aromatic rings. The van der Waals surface area contributed by atoms with E-state index in [0.29, 0.717) is 11.5 Å². The van der Waals surface area contributed by atoms with Gasteiger partial charge in [-0.15, -0.1) is 0 Å². The fraction of sp³-hybridized carbons (Fsp3) is 0.200. The molecule has 0 N–H and O–H groups in total. The highest BCUT2D eigenvalue weighted by atomic mass is 35.5. The lowest BCUT2D eigenvalue weighted by Crippen LogP contribution is -1.62. The minimum atomic E-state index is 0.229. The van der Waals surface area contributed by atoms with E-state index in [0.717, 1.165) is 0 Å². The van der Waals surface area contributed by atoms with Crippen LogP contribution in [0.3, 0.4) is 0 Å². The summed E-state index contributed by atoms with van der Waals surface area (Å²) in [5.74, 6) is 0. The number of hydrogen-bond acceptors (Lipinski definition) is 0. The smallest absolute Gasteiger partial charge is 0.0895 e. The highest BCUT2D eigenvalue weighted by Crippen LogP contribution is 2.11. The Bertz CT molecular complexity index is 111. The molecule has 0 rings (SSSR count). The van der Waals surface area contributed by atoms with Crippen molar-refractivity contribution in [2.24, 2.45) is 0 Å². The summed E-state index contributed by atoms with van der Waals surface area (Å²) in [6, 6.07) is 0. The van der Waals surface area contributed by atoms with Crippen LogP contribution in [0, 0.1) is 0 Å². The van der Waals surface area contributed by atoms with Crippen molar-refractivity contribution in [2.45, 2.75) is 6.42 Å². The molecule has 0 bridgehead atoms. The standard InChI is InChI=1S/C5H5Cl3/c1-4(6)2-3-5(7)8/h3H,1-2H2. The van der Waals surface area contributed by atoms with Gasteiger partial charge in [-0.05, 0) is 6.08 Å². The molecule has 8 heavy (non-hydrogen) atoms. The molecule has 0 heterocycles. The van der Waals surface area contributed by atoms with Gasteiger partial charge in [0.15, 0.2) is 0 Å². The molecular formula is C5H5Cl3. The van der Waals surface area contributed by atoms with Crippen molar-refractivity contribution >= 4 is 34.8 Å². The van der Waals surface area contributed by atoms with E-state index in [2.05, 4.69) is 6.58 Å². The number of allylic oxidation sites excluding steroid dienone is 2. The maximum atomic E-state index is 5.37. The average Bonchev–Trinajstić information content (AvgIpc) is 1.61. The maximum absolute atomic E-state index is 5.37. The molecule has 0 nitrogen and oxygen atoms in total. The van der Waals surface area contributed by atoms with Crippen molar-refractivity contribution in [1.82, 2.24) is 0 Å². The van der Waals surface area contributed by atoms with Gasteiger partial charge in [0.1, 0.15) is 4.49 Å². The van der Waals surface area contributed by atoms with Gasteiger partial charge >= 0.3 is 0 Å². The molecule has 0 aromatic carbocycles. The summed E-state index contributed by atoms with van der Waals surface area (Å²) in [5, 5.41) is 0.531. The van der Waals surface area contributed by atoms with Gasteiger partial charge in [0.05, 0.1) is 0 Å². The molecular weight excluding hydrogens is 166 g/mol. The molecule has 0 saturated carbocycles. The number of hydrogen-bond donors (Lipinski definition) is 0. The van der Waals surface area contributed by atoms with Crippen LogP contribution >= 0.6 is 34.8 Å². The van der Waals surface area contributed by atoms with Crippen LogP contribution in [-0.2, 0) is 0 Å². The summed E-state index contributed by atoms with van der Waals surface area (Å²) >= 11 is 15.9. The zero-order valence-corrected chi connectivity index (χ0v) is 6.39. The lowest BCUT2D eigenvalue weighted by atomic mass is 10.4. The molecule has 0 fully saturated rings. The minimum absolute atomic E-state index is 0.229. The molecule has 0 spiro atoms. The summed E-state index contributed by atoms with van der Waals surface area (Å²) < 4.78 is 0.229. The highest BCUT2D eigenvalue weighted by molar-refractivity contribution is 6.55. The van der Waals surface area contributed by atoms with Crippen molar-refractivity contribution in [3.63, 3.8) is 0 Å². The molecule has 0 unspecified atom stereocenters. The van der Waals surface area contributed by atoms with Crippen LogP contribution in [0.5, 0.6) is 0 Å². The van der Waals surface area contributed by atoms with E-state index in [-0.39, 0.29) is 4.49 Å². The molecule has 0 aromatic heterocycles. The van der Waals surface area contributed by atoms with Gasteiger partial charge in [0.2, 0.25) is 0 Å². The molecule has 0 radical (unpaired) electrons. The molecule has 0 aliphatic heterocycles. The number of halogens is 3. The fourth-order valence-electron chi connectivity index (χ4n) is 0.188. The summed E-state index contributed by atoms with van der Waals surface area (Å²) in [6.45, 7) is 3.43. The van der Waals surface area contributed by atoms with Crippen LogP contribution in [0.15, 0.2) is 22.2 Å². The third kappa shape index (κ3) is 6.35. The van der Waals surface area contributed by atoms with Gasteiger partial charge in [-0.1, -0.05) is 41.4 Å².